The average Bonchev–Trinajstić information content (AvgIpc) is 2.97. The molecule has 22 heavy (non-hydrogen) atoms. The number of likely N-dealkylation sites (tertiary alicyclic amines) is 1. The molecule has 1 aliphatic heterocycles. The topological polar surface area (TPSA) is 39.4 Å². The van der Waals surface area contributed by atoms with E-state index in [1.54, 1.807) is 7.11 Å². The molecule has 0 unspecified atom stereocenters. The van der Waals surface area contributed by atoms with E-state index in [-0.39, 0.29) is 5.56 Å². The highest BCUT2D eigenvalue weighted by Gasteiger charge is 2.12. The van der Waals surface area contributed by atoms with Crippen LogP contribution < -0.4 is 5.56 Å². The maximum absolute atomic E-state index is 12.7. The van der Waals surface area contributed by atoms with E-state index in [0.717, 1.165) is 24.0 Å². The minimum Gasteiger partial charge on any atom is -0.383 e. The van der Waals surface area contributed by atoms with Crippen molar-refractivity contribution in [2.45, 2.75) is 32.4 Å². The molecule has 0 bridgehead atoms. The number of ether oxygens (including phenoxy) is 1. The summed E-state index contributed by atoms with van der Waals surface area (Å²) >= 11 is 0. The molecule has 0 atom stereocenters. The molecule has 5 nitrogen and oxygen atoms in total. The van der Waals surface area contributed by atoms with Crippen molar-refractivity contribution < 1.29 is 4.74 Å². The van der Waals surface area contributed by atoms with Gasteiger partial charge in [-0.3, -0.25) is 4.79 Å². The fourth-order valence-electron chi connectivity index (χ4n) is 3.23. The molecule has 1 aliphatic rings. The largest absolute Gasteiger partial charge is 0.383 e. The summed E-state index contributed by atoms with van der Waals surface area (Å²) < 4.78 is 8.97. The van der Waals surface area contributed by atoms with Crippen LogP contribution in [0.3, 0.4) is 0 Å². The Morgan fingerprint density at radius 1 is 1.00 bits per heavy atom. The number of fused-ring (bicyclic) bond motifs is 1. The van der Waals surface area contributed by atoms with Crippen LogP contribution in [0.25, 0.3) is 10.9 Å². The van der Waals surface area contributed by atoms with Gasteiger partial charge in [0, 0.05) is 44.5 Å². The summed E-state index contributed by atoms with van der Waals surface area (Å²) in [5, 5.41) is 1.01. The minimum atomic E-state index is 0.107. The van der Waals surface area contributed by atoms with E-state index < -0.39 is 0 Å². The quantitative estimate of drug-likeness (QED) is 0.818. The molecule has 0 aliphatic carbocycles. The molecular formula is C17H25N3O2. The zero-order valence-electron chi connectivity index (χ0n) is 13.3. The lowest BCUT2D eigenvalue weighted by atomic mass is 10.1. The second-order valence-electron chi connectivity index (χ2n) is 6.02. The third-order valence-electron chi connectivity index (χ3n) is 4.53. The van der Waals surface area contributed by atoms with Gasteiger partial charge in [0.05, 0.1) is 6.61 Å². The number of methoxy groups -OCH3 is 1. The van der Waals surface area contributed by atoms with Crippen molar-refractivity contribution >= 4 is 10.9 Å². The van der Waals surface area contributed by atoms with Gasteiger partial charge in [-0.05, 0) is 38.1 Å². The van der Waals surface area contributed by atoms with Crippen LogP contribution in [-0.4, -0.2) is 47.4 Å². The lowest BCUT2D eigenvalue weighted by Crippen LogP contribution is -2.34. The molecule has 0 amide bonds. The van der Waals surface area contributed by atoms with Crippen molar-refractivity contribution in [2.24, 2.45) is 0 Å². The van der Waals surface area contributed by atoms with Gasteiger partial charge in [0.1, 0.15) is 5.52 Å². The first-order chi connectivity index (χ1) is 10.8. The number of hydrogen-bond acceptors (Lipinski definition) is 3. The lowest BCUT2D eigenvalue weighted by Gasteiger charge is -2.26. The molecule has 0 radical (unpaired) electrons. The van der Waals surface area contributed by atoms with Crippen molar-refractivity contribution in [1.82, 2.24) is 14.0 Å². The van der Waals surface area contributed by atoms with E-state index >= 15 is 0 Å². The molecule has 1 saturated heterocycles. The van der Waals surface area contributed by atoms with E-state index in [9.17, 15) is 4.79 Å². The summed E-state index contributed by atoms with van der Waals surface area (Å²) in [4.78, 5) is 15.2. The predicted octanol–water partition coefficient (Wildman–Crippen LogP) is 1.94. The van der Waals surface area contributed by atoms with Crippen LogP contribution in [0.5, 0.6) is 0 Å². The van der Waals surface area contributed by atoms with Crippen LogP contribution in [0.4, 0.5) is 0 Å². The smallest absolute Gasteiger partial charge is 0.275 e. The predicted molar refractivity (Wildman–Crippen MR) is 88.4 cm³/mol. The fraction of sp³-hybridized carbons (Fsp3) is 0.588. The highest BCUT2D eigenvalue weighted by atomic mass is 16.5. The molecule has 3 rings (SSSR count). The summed E-state index contributed by atoms with van der Waals surface area (Å²) in [5.41, 5.74) is 0.897. The Morgan fingerprint density at radius 3 is 2.45 bits per heavy atom. The molecule has 1 fully saturated rings. The van der Waals surface area contributed by atoms with Crippen molar-refractivity contribution in [2.75, 3.05) is 33.4 Å². The van der Waals surface area contributed by atoms with Gasteiger partial charge in [-0.1, -0.05) is 6.42 Å². The first-order valence-corrected chi connectivity index (χ1v) is 8.19. The Kier molecular flexibility index (Phi) is 4.95. The molecule has 0 saturated carbocycles. The Labute approximate surface area is 131 Å². The molecular weight excluding hydrogens is 278 g/mol. The maximum Gasteiger partial charge on any atom is 0.275 e. The summed E-state index contributed by atoms with van der Waals surface area (Å²) in [5.74, 6) is 0. The molecule has 2 aromatic heterocycles. The molecule has 0 N–H and O–H groups in total. The zero-order chi connectivity index (χ0) is 15.4. The Bertz CT molecular complexity index is 668. The molecule has 0 spiro atoms. The van der Waals surface area contributed by atoms with E-state index in [1.165, 1.54) is 32.4 Å². The third kappa shape index (κ3) is 3.25. The molecule has 5 heteroatoms. The highest BCUT2D eigenvalue weighted by Crippen LogP contribution is 2.12. The van der Waals surface area contributed by atoms with Gasteiger partial charge in [0.15, 0.2) is 0 Å². The van der Waals surface area contributed by atoms with Crippen LogP contribution in [0.2, 0.25) is 0 Å². The number of pyridine rings is 1. The number of hydrogen-bond donors (Lipinski definition) is 0. The van der Waals surface area contributed by atoms with E-state index in [4.69, 9.17) is 4.74 Å². The number of rotatable bonds is 6. The molecule has 3 heterocycles. The van der Waals surface area contributed by atoms with Crippen molar-refractivity contribution in [3.63, 3.8) is 0 Å². The summed E-state index contributed by atoms with van der Waals surface area (Å²) in [6, 6.07) is 4.04. The Morgan fingerprint density at radius 2 is 1.73 bits per heavy atom. The van der Waals surface area contributed by atoms with Gasteiger partial charge >= 0.3 is 0 Å². The fourth-order valence-corrected chi connectivity index (χ4v) is 3.23. The van der Waals surface area contributed by atoms with Gasteiger partial charge in [-0.2, -0.15) is 0 Å². The third-order valence-corrected chi connectivity index (χ3v) is 4.53. The average molecular weight is 303 g/mol. The zero-order valence-corrected chi connectivity index (χ0v) is 13.3. The van der Waals surface area contributed by atoms with E-state index in [0.29, 0.717) is 13.2 Å². The standard InChI is InChI=1S/C17H25N3O2/c1-22-14-13-19-9-5-15-6-10-20(17(21)16(15)19)12-11-18-7-3-2-4-8-18/h5-6,9-10H,2-4,7-8,11-14H2,1H3. The van der Waals surface area contributed by atoms with Crippen LogP contribution in [-0.2, 0) is 17.8 Å². The van der Waals surface area contributed by atoms with Gasteiger partial charge in [0.25, 0.3) is 5.56 Å². The van der Waals surface area contributed by atoms with Gasteiger partial charge < -0.3 is 18.8 Å². The van der Waals surface area contributed by atoms with Crippen molar-refractivity contribution in [1.29, 1.82) is 0 Å². The minimum absolute atomic E-state index is 0.107. The number of aromatic nitrogens is 2. The highest BCUT2D eigenvalue weighted by molar-refractivity contribution is 5.78. The van der Waals surface area contributed by atoms with Crippen molar-refractivity contribution in [3.8, 4) is 0 Å². The molecule has 2 aromatic rings. The van der Waals surface area contributed by atoms with Crippen molar-refractivity contribution in [3.05, 3.63) is 34.9 Å². The Hall–Kier alpha value is -1.59. The SMILES string of the molecule is COCCn1ccc2ccn(CCN3CCCCC3)c(=O)c21. The van der Waals surface area contributed by atoms with Gasteiger partial charge in [-0.25, -0.2) is 0 Å². The van der Waals surface area contributed by atoms with Crippen LogP contribution >= 0.6 is 0 Å². The monoisotopic (exact) mass is 303 g/mol. The summed E-state index contributed by atoms with van der Waals surface area (Å²) in [6.45, 7) is 5.40. The lowest BCUT2D eigenvalue weighted by molar-refractivity contribution is 0.188. The number of piperidine rings is 1. The van der Waals surface area contributed by atoms with E-state index in [2.05, 4.69) is 4.90 Å². The van der Waals surface area contributed by atoms with E-state index in [1.807, 2.05) is 33.7 Å². The first-order valence-electron chi connectivity index (χ1n) is 8.19. The maximum atomic E-state index is 12.7. The second-order valence-corrected chi connectivity index (χ2v) is 6.02. The van der Waals surface area contributed by atoms with Crippen LogP contribution in [0, 0.1) is 0 Å². The first kappa shape index (κ1) is 15.3. The molecule has 0 aromatic carbocycles. The second kappa shape index (κ2) is 7.11. The van der Waals surface area contributed by atoms with Gasteiger partial charge in [-0.15, -0.1) is 0 Å². The Balaban J connectivity index is 1.77. The summed E-state index contributed by atoms with van der Waals surface area (Å²) in [6.07, 6.45) is 7.81. The number of nitrogens with zero attached hydrogens (tertiary/aromatic N) is 3. The summed E-state index contributed by atoms with van der Waals surface area (Å²) in [7, 11) is 1.68. The van der Waals surface area contributed by atoms with Crippen LogP contribution in [0.15, 0.2) is 29.3 Å². The van der Waals surface area contributed by atoms with Gasteiger partial charge in [0.2, 0.25) is 0 Å². The normalized spacial score (nSPS) is 16.4. The molecule has 120 valence electrons. The van der Waals surface area contributed by atoms with Crippen LogP contribution in [0.1, 0.15) is 19.3 Å².